The van der Waals surface area contributed by atoms with Crippen LogP contribution in [0.4, 0.5) is 0 Å². The third-order valence-corrected chi connectivity index (χ3v) is 3.39. The number of hydrogen-bond acceptors (Lipinski definition) is 4. The van der Waals surface area contributed by atoms with Gasteiger partial charge in [0.2, 0.25) is 11.8 Å². The van der Waals surface area contributed by atoms with E-state index in [1.807, 2.05) is 36.0 Å². The first-order valence-corrected chi connectivity index (χ1v) is 7.34. The lowest BCUT2D eigenvalue weighted by Crippen LogP contribution is -2.33. The first-order chi connectivity index (χ1) is 10.2. The van der Waals surface area contributed by atoms with Crippen molar-refractivity contribution < 1.29 is 9.32 Å². The lowest BCUT2D eigenvalue weighted by atomic mass is 10.2. The fourth-order valence-electron chi connectivity index (χ4n) is 2.28. The molecule has 0 bridgehead atoms. The second kappa shape index (κ2) is 7.06. The van der Waals surface area contributed by atoms with Gasteiger partial charge in [0.25, 0.3) is 0 Å². The molecule has 0 saturated carbocycles. The molecule has 1 atom stereocenters. The lowest BCUT2D eigenvalue weighted by Gasteiger charge is -2.22. The summed E-state index contributed by atoms with van der Waals surface area (Å²) < 4.78 is 7.11. The van der Waals surface area contributed by atoms with Crippen molar-refractivity contribution in [3.05, 3.63) is 36.2 Å². The monoisotopic (exact) mass is 290 g/mol. The van der Waals surface area contributed by atoms with Gasteiger partial charge in [-0.2, -0.15) is 4.98 Å². The van der Waals surface area contributed by atoms with Crippen LogP contribution >= 0.6 is 0 Å². The van der Waals surface area contributed by atoms with Crippen molar-refractivity contribution in [2.45, 2.75) is 45.7 Å². The largest absolute Gasteiger partial charge is 0.342 e. The van der Waals surface area contributed by atoms with Crippen molar-refractivity contribution in [1.82, 2.24) is 19.6 Å². The van der Waals surface area contributed by atoms with Crippen molar-refractivity contribution in [2.75, 3.05) is 7.05 Å². The average molecular weight is 290 g/mol. The Balaban J connectivity index is 2.01. The molecule has 0 fully saturated rings. The Morgan fingerprint density at radius 2 is 2.10 bits per heavy atom. The van der Waals surface area contributed by atoms with E-state index in [2.05, 4.69) is 17.1 Å². The number of likely N-dealkylation sites (N-methyl/N-ethyl adjacent to an activating group) is 1. The number of nitrogens with zero attached hydrogens (tertiary/aromatic N) is 4. The van der Waals surface area contributed by atoms with Gasteiger partial charge < -0.3 is 14.0 Å². The van der Waals surface area contributed by atoms with Crippen LogP contribution in [0, 0.1) is 0 Å². The Labute approximate surface area is 124 Å². The molecule has 6 heteroatoms. The Bertz CT molecular complexity index is 562. The van der Waals surface area contributed by atoms with Gasteiger partial charge in [0, 0.05) is 25.9 Å². The predicted molar refractivity (Wildman–Crippen MR) is 78.5 cm³/mol. The van der Waals surface area contributed by atoms with Gasteiger partial charge in [0.1, 0.15) is 6.04 Å². The standard InChI is InChI=1S/C15H22N4O2/c1-4-8-13-16-14(21-17-13)11-18(3)15(20)12(5-2)19-9-6-7-10-19/h6-7,9-10,12H,4-5,8,11H2,1-3H3/t12-/m1/s1. The smallest absolute Gasteiger partial charge is 0.246 e. The zero-order chi connectivity index (χ0) is 15.2. The SMILES string of the molecule is CCCc1noc(CN(C)C(=O)[C@@H](CC)n2cccc2)n1. The van der Waals surface area contributed by atoms with Crippen molar-refractivity contribution >= 4 is 5.91 Å². The Morgan fingerprint density at radius 1 is 1.38 bits per heavy atom. The van der Waals surface area contributed by atoms with Gasteiger partial charge in [0.15, 0.2) is 5.82 Å². The molecule has 21 heavy (non-hydrogen) atoms. The predicted octanol–water partition coefficient (Wildman–Crippen LogP) is 2.43. The molecular weight excluding hydrogens is 268 g/mol. The summed E-state index contributed by atoms with van der Waals surface area (Å²) in [6, 6.07) is 3.65. The average Bonchev–Trinajstić information content (AvgIpc) is 3.12. The van der Waals surface area contributed by atoms with Gasteiger partial charge in [-0.15, -0.1) is 0 Å². The van der Waals surface area contributed by atoms with Crippen molar-refractivity contribution in [3.63, 3.8) is 0 Å². The number of hydrogen-bond donors (Lipinski definition) is 0. The van der Waals surface area contributed by atoms with E-state index in [0.717, 1.165) is 19.3 Å². The second-order valence-corrected chi connectivity index (χ2v) is 5.10. The minimum atomic E-state index is -0.192. The highest BCUT2D eigenvalue weighted by Crippen LogP contribution is 2.16. The maximum absolute atomic E-state index is 12.5. The summed E-state index contributed by atoms with van der Waals surface area (Å²) in [5.41, 5.74) is 0. The Morgan fingerprint density at radius 3 is 2.71 bits per heavy atom. The third kappa shape index (κ3) is 3.71. The van der Waals surface area contributed by atoms with E-state index in [0.29, 0.717) is 18.3 Å². The van der Waals surface area contributed by atoms with Gasteiger partial charge >= 0.3 is 0 Å². The highest BCUT2D eigenvalue weighted by atomic mass is 16.5. The molecule has 0 aromatic carbocycles. The number of carbonyl (C=O) groups excluding carboxylic acids is 1. The Hall–Kier alpha value is -2.11. The van der Waals surface area contributed by atoms with Crippen LogP contribution in [-0.4, -0.2) is 32.6 Å². The molecule has 0 spiro atoms. The first kappa shape index (κ1) is 15.3. The van der Waals surface area contributed by atoms with Crippen molar-refractivity contribution in [2.24, 2.45) is 0 Å². The van der Waals surface area contributed by atoms with Crippen molar-refractivity contribution in [3.8, 4) is 0 Å². The molecule has 0 aliphatic rings. The van der Waals surface area contributed by atoms with Crippen LogP contribution in [0.5, 0.6) is 0 Å². The van der Waals surface area contributed by atoms with E-state index in [1.165, 1.54) is 0 Å². The van der Waals surface area contributed by atoms with Gasteiger partial charge in [-0.25, -0.2) is 0 Å². The molecule has 2 aromatic heterocycles. The summed E-state index contributed by atoms with van der Waals surface area (Å²) in [6.07, 6.45) is 6.32. The number of rotatable bonds is 7. The fraction of sp³-hybridized carbons (Fsp3) is 0.533. The summed E-state index contributed by atoms with van der Waals surface area (Å²) in [5.74, 6) is 1.23. The maximum Gasteiger partial charge on any atom is 0.246 e. The molecular formula is C15H22N4O2. The zero-order valence-electron chi connectivity index (χ0n) is 12.8. The summed E-state index contributed by atoms with van der Waals surface area (Å²) >= 11 is 0. The molecule has 0 N–H and O–H groups in total. The molecule has 0 aliphatic carbocycles. The van der Waals surface area contributed by atoms with E-state index in [4.69, 9.17) is 4.52 Å². The summed E-state index contributed by atoms with van der Waals surface area (Å²) in [7, 11) is 1.76. The molecule has 0 aliphatic heterocycles. The van der Waals surface area contributed by atoms with Crippen LogP contribution in [0.25, 0.3) is 0 Å². The molecule has 114 valence electrons. The molecule has 2 heterocycles. The van der Waals surface area contributed by atoms with E-state index in [9.17, 15) is 4.79 Å². The second-order valence-electron chi connectivity index (χ2n) is 5.10. The van der Waals surface area contributed by atoms with E-state index in [-0.39, 0.29) is 11.9 Å². The quantitative estimate of drug-likeness (QED) is 0.785. The van der Waals surface area contributed by atoms with Gasteiger partial charge in [-0.05, 0) is 25.0 Å². The maximum atomic E-state index is 12.5. The summed E-state index contributed by atoms with van der Waals surface area (Å²) in [6.45, 7) is 4.41. The molecule has 0 radical (unpaired) electrons. The van der Waals surface area contributed by atoms with Crippen LogP contribution in [0.2, 0.25) is 0 Å². The number of carbonyl (C=O) groups is 1. The number of amides is 1. The molecule has 2 rings (SSSR count). The van der Waals surface area contributed by atoms with Crippen LogP contribution in [0.1, 0.15) is 44.4 Å². The highest BCUT2D eigenvalue weighted by Gasteiger charge is 2.22. The van der Waals surface area contributed by atoms with Crippen LogP contribution in [0.15, 0.2) is 29.0 Å². The van der Waals surface area contributed by atoms with Crippen LogP contribution < -0.4 is 0 Å². The summed E-state index contributed by atoms with van der Waals surface area (Å²) in [5, 5.41) is 3.90. The number of aromatic nitrogens is 3. The Kier molecular flexibility index (Phi) is 5.14. The minimum absolute atomic E-state index is 0.0453. The van der Waals surface area contributed by atoms with E-state index in [1.54, 1.807) is 11.9 Å². The third-order valence-electron chi connectivity index (χ3n) is 3.39. The van der Waals surface area contributed by atoms with Crippen molar-refractivity contribution in [1.29, 1.82) is 0 Å². The van der Waals surface area contributed by atoms with Crippen LogP contribution in [-0.2, 0) is 17.8 Å². The topological polar surface area (TPSA) is 64.2 Å². The zero-order valence-corrected chi connectivity index (χ0v) is 12.8. The molecule has 1 amide bonds. The number of aryl methyl sites for hydroxylation is 1. The minimum Gasteiger partial charge on any atom is -0.342 e. The summed E-state index contributed by atoms with van der Waals surface area (Å²) in [4.78, 5) is 18.5. The van der Waals surface area contributed by atoms with Gasteiger partial charge in [-0.1, -0.05) is 19.0 Å². The van der Waals surface area contributed by atoms with Crippen LogP contribution in [0.3, 0.4) is 0 Å². The molecule has 6 nitrogen and oxygen atoms in total. The molecule has 2 aromatic rings. The highest BCUT2D eigenvalue weighted by molar-refractivity contribution is 5.80. The lowest BCUT2D eigenvalue weighted by molar-refractivity contribution is -0.134. The molecule has 0 unspecified atom stereocenters. The fourth-order valence-corrected chi connectivity index (χ4v) is 2.28. The van der Waals surface area contributed by atoms with E-state index < -0.39 is 0 Å². The van der Waals surface area contributed by atoms with Gasteiger partial charge in [-0.3, -0.25) is 4.79 Å². The van der Waals surface area contributed by atoms with Gasteiger partial charge in [0.05, 0.1) is 6.54 Å². The normalized spacial score (nSPS) is 12.3. The first-order valence-electron chi connectivity index (χ1n) is 7.34. The molecule has 0 saturated heterocycles. The van der Waals surface area contributed by atoms with E-state index >= 15 is 0 Å².